The van der Waals surface area contributed by atoms with Crippen molar-refractivity contribution in [3.05, 3.63) is 49.1 Å². The predicted molar refractivity (Wildman–Crippen MR) is 97.1 cm³/mol. The van der Waals surface area contributed by atoms with E-state index in [0.717, 1.165) is 35.2 Å². The van der Waals surface area contributed by atoms with E-state index in [1.54, 1.807) is 36.9 Å². The molecule has 1 N–H and O–H groups in total. The van der Waals surface area contributed by atoms with Crippen LogP contribution in [0.2, 0.25) is 0 Å². The van der Waals surface area contributed by atoms with Crippen LogP contribution in [0.25, 0.3) is 11.4 Å². The molecule has 0 spiro atoms. The summed E-state index contributed by atoms with van der Waals surface area (Å²) in [4.78, 5) is 20.1. The van der Waals surface area contributed by atoms with Crippen LogP contribution >= 0.6 is 11.8 Å². The first-order chi connectivity index (χ1) is 12.3. The fourth-order valence-electron chi connectivity index (χ4n) is 2.30. The molecule has 7 nitrogen and oxygen atoms in total. The number of aromatic nitrogens is 5. The number of hydrogen-bond acceptors (Lipinski definition) is 6. The van der Waals surface area contributed by atoms with Gasteiger partial charge in [-0.25, -0.2) is 0 Å². The molecule has 8 heteroatoms. The molecule has 3 aromatic heterocycles. The summed E-state index contributed by atoms with van der Waals surface area (Å²) in [6.07, 6.45) is 7.70. The van der Waals surface area contributed by atoms with Crippen molar-refractivity contribution in [1.82, 2.24) is 24.7 Å². The largest absolute Gasteiger partial charge is 0.325 e. The summed E-state index contributed by atoms with van der Waals surface area (Å²) in [5, 5.41) is 12.1. The Balaban J connectivity index is 1.70. The van der Waals surface area contributed by atoms with Gasteiger partial charge >= 0.3 is 0 Å². The highest BCUT2D eigenvalue weighted by molar-refractivity contribution is 7.99. The van der Waals surface area contributed by atoms with Gasteiger partial charge in [0.05, 0.1) is 5.75 Å². The Morgan fingerprint density at radius 3 is 2.44 bits per heavy atom. The van der Waals surface area contributed by atoms with Crippen LogP contribution < -0.4 is 5.32 Å². The lowest BCUT2D eigenvalue weighted by molar-refractivity contribution is -0.113. The van der Waals surface area contributed by atoms with Crippen LogP contribution in [-0.4, -0.2) is 36.4 Å². The molecule has 0 aliphatic carbocycles. The first-order valence-corrected chi connectivity index (χ1v) is 8.92. The lowest BCUT2D eigenvalue weighted by Gasteiger charge is -2.09. The van der Waals surface area contributed by atoms with Crippen molar-refractivity contribution in [2.24, 2.45) is 0 Å². The molecule has 1 amide bonds. The molecule has 0 bridgehead atoms. The number of nitrogens with one attached hydrogen (secondary N) is 1. The maximum atomic E-state index is 12.1. The van der Waals surface area contributed by atoms with Crippen molar-refractivity contribution in [1.29, 1.82) is 0 Å². The molecule has 0 fully saturated rings. The van der Waals surface area contributed by atoms with E-state index in [4.69, 9.17) is 0 Å². The van der Waals surface area contributed by atoms with E-state index < -0.39 is 0 Å². The van der Waals surface area contributed by atoms with Crippen LogP contribution in [0, 0.1) is 0 Å². The maximum Gasteiger partial charge on any atom is 0.234 e. The Morgan fingerprint density at radius 2 is 1.76 bits per heavy atom. The quantitative estimate of drug-likeness (QED) is 0.657. The summed E-state index contributed by atoms with van der Waals surface area (Å²) >= 11 is 1.38. The maximum absolute atomic E-state index is 12.1. The molecule has 0 saturated carbocycles. The van der Waals surface area contributed by atoms with Gasteiger partial charge in [-0.15, -0.1) is 10.2 Å². The van der Waals surface area contributed by atoms with Gasteiger partial charge < -0.3 is 9.88 Å². The summed E-state index contributed by atoms with van der Waals surface area (Å²) in [6.45, 7) is 2.89. The fourth-order valence-corrected chi connectivity index (χ4v) is 3.06. The Morgan fingerprint density at radius 1 is 1.08 bits per heavy atom. The average molecular weight is 354 g/mol. The summed E-state index contributed by atoms with van der Waals surface area (Å²) in [6, 6.07) is 7.31. The van der Waals surface area contributed by atoms with Crippen LogP contribution in [-0.2, 0) is 11.3 Å². The Hall–Kier alpha value is -2.74. The van der Waals surface area contributed by atoms with Crippen molar-refractivity contribution >= 4 is 23.4 Å². The van der Waals surface area contributed by atoms with Crippen molar-refractivity contribution in [2.75, 3.05) is 11.1 Å². The molecule has 0 aromatic carbocycles. The van der Waals surface area contributed by atoms with Gasteiger partial charge in [-0.05, 0) is 30.7 Å². The third kappa shape index (κ3) is 4.42. The zero-order valence-corrected chi connectivity index (χ0v) is 14.6. The monoisotopic (exact) mass is 354 g/mol. The Kier molecular flexibility index (Phi) is 5.73. The van der Waals surface area contributed by atoms with Crippen molar-refractivity contribution in [2.45, 2.75) is 25.0 Å². The van der Waals surface area contributed by atoms with Crippen LogP contribution in [0.1, 0.15) is 13.3 Å². The van der Waals surface area contributed by atoms with E-state index in [1.807, 2.05) is 16.7 Å². The third-order valence-corrected chi connectivity index (χ3v) is 4.37. The molecular weight excluding hydrogens is 336 g/mol. The summed E-state index contributed by atoms with van der Waals surface area (Å²) in [7, 11) is 0. The molecular formula is C17H18N6OS. The molecule has 3 aromatic rings. The van der Waals surface area contributed by atoms with Crippen molar-refractivity contribution in [3.63, 3.8) is 0 Å². The van der Waals surface area contributed by atoms with E-state index in [1.165, 1.54) is 11.8 Å². The minimum atomic E-state index is -0.0901. The molecule has 0 aliphatic heterocycles. The predicted octanol–water partition coefficient (Wildman–Crippen LogP) is 2.88. The zero-order chi connectivity index (χ0) is 17.5. The van der Waals surface area contributed by atoms with Gasteiger partial charge in [0.2, 0.25) is 5.91 Å². The number of nitrogens with zero attached hydrogens (tertiary/aromatic N) is 5. The summed E-state index contributed by atoms with van der Waals surface area (Å²) in [5.41, 5.74) is 1.69. The zero-order valence-electron chi connectivity index (χ0n) is 13.8. The molecule has 3 heterocycles. The third-order valence-electron chi connectivity index (χ3n) is 3.40. The van der Waals surface area contributed by atoms with Crippen LogP contribution in [0.4, 0.5) is 5.69 Å². The highest BCUT2D eigenvalue weighted by Gasteiger charge is 2.15. The molecule has 128 valence electrons. The second kappa shape index (κ2) is 8.39. The van der Waals surface area contributed by atoms with Crippen molar-refractivity contribution < 1.29 is 4.79 Å². The second-order valence-corrected chi connectivity index (χ2v) is 6.21. The number of hydrogen-bond donors (Lipinski definition) is 1. The lowest BCUT2D eigenvalue weighted by Crippen LogP contribution is -2.14. The molecule has 0 radical (unpaired) electrons. The van der Waals surface area contributed by atoms with E-state index in [9.17, 15) is 4.79 Å². The van der Waals surface area contributed by atoms with Gasteiger partial charge in [0, 0.05) is 42.6 Å². The molecule has 0 aliphatic rings. The first kappa shape index (κ1) is 17.1. The van der Waals surface area contributed by atoms with Gasteiger partial charge in [0.1, 0.15) is 0 Å². The number of rotatable bonds is 7. The van der Waals surface area contributed by atoms with Gasteiger partial charge in [-0.1, -0.05) is 18.7 Å². The topological polar surface area (TPSA) is 85.6 Å². The van der Waals surface area contributed by atoms with Crippen molar-refractivity contribution in [3.8, 4) is 11.4 Å². The molecule has 0 unspecified atom stereocenters. The number of pyridine rings is 2. The Labute approximate surface area is 149 Å². The number of amides is 1. The fraction of sp³-hybridized carbons (Fsp3) is 0.235. The molecule has 25 heavy (non-hydrogen) atoms. The van der Waals surface area contributed by atoms with Gasteiger partial charge in [-0.3, -0.25) is 14.8 Å². The average Bonchev–Trinajstić information content (AvgIpc) is 3.05. The molecule has 0 saturated heterocycles. The smallest absolute Gasteiger partial charge is 0.234 e. The number of thioether (sulfide) groups is 1. The molecule has 3 rings (SSSR count). The van der Waals surface area contributed by atoms with Crippen LogP contribution in [0.15, 0.2) is 54.2 Å². The summed E-state index contributed by atoms with van der Waals surface area (Å²) < 4.78 is 2.04. The van der Waals surface area contributed by atoms with Crippen LogP contribution in [0.5, 0.6) is 0 Å². The molecule has 0 atom stereocenters. The number of carbonyl (C=O) groups is 1. The highest BCUT2D eigenvalue weighted by atomic mass is 32.2. The van der Waals surface area contributed by atoms with E-state index in [2.05, 4.69) is 32.4 Å². The minimum Gasteiger partial charge on any atom is -0.325 e. The van der Waals surface area contributed by atoms with E-state index in [-0.39, 0.29) is 11.7 Å². The SMILES string of the molecule is CCCn1c(SCC(=O)Nc2ccncc2)nnc1-c1ccncc1. The standard InChI is InChI=1S/C17H18N6OS/c1-2-11-23-16(13-3-7-18-8-4-13)21-22-17(23)25-12-15(24)20-14-5-9-19-10-6-14/h3-10H,2,11-12H2,1H3,(H,19,20,24). The highest BCUT2D eigenvalue weighted by Crippen LogP contribution is 2.24. The second-order valence-electron chi connectivity index (χ2n) is 5.27. The normalized spacial score (nSPS) is 10.6. The van der Waals surface area contributed by atoms with Gasteiger partial charge in [0.15, 0.2) is 11.0 Å². The van der Waals surface area contributed by atoms with Gasteiger partial charge in [0.25, 0.3) is 0 Å². The van der Waals surface area contributed by atoms with Crippen LogP contribution in [0.3, 0.4) is 0 Å². The summed E-state index contributed by atoms with van der Waals surface area (Å²) in [5.74, 6) is 0.967. The Bertz CT molecular complexity index is 822. The lowest BCUT2D eigenvalue weighted by atomic mass is 10.2. The van der Waals surface area contributed by atoms with Gasteiger partial charge in [-0.2, -0.15) is 0 Å². The minimum absolute atomic E-state index is 0.0901. The van der Waals surface area contributed by atoms with E-state index in [0.29, 0.717) is 0 Å². The first-order valence-electron chi connectivity index (χ1n) is 7.94. The number of carbonyl (C=O) groups excluding carboxylic acids is 1. The number of anilines is 1. The van der Waals surface area contributed by atoms with E-state index >= 15 is 0 Å².